The van der Waals surface area contributed by atoms with Crippen LogP contribution in [0.25, 0.3) is 61.1 Å². The molecule has 0 unspecified atom stereocenters. The summed E-state index contributed by atoms with van der Waals surface area (Å²) in [5, 5.41) is 7.64. The second-order valence-corrected chi connectivity index (χ2v) is 9.22. The summed E-state index contributed by atoms with van der Waals surface area (Å²) in [6.45, 7) is 2.09. The van der Waals surface area contributed by atoms with Crippen molar-refractivity contribution in [2.24, 2.45) is 0 Å². The number of nitrogens with zero attached hydrogens (tertiary/aromatic N) is 1. The molecule has 0 aliphatic carbocycles. The lowest BCUT2D eigenvalue weighted by atomic mass is 10.1. The van der Waals surface area contributed by atoms with Gasteiger partial charge in [-0.1, -0.05) is 43.3 Å². The van der Waals surface area contributed by atoms with Gasteiger partial charge in [0.05, 0.1) is 5.69 Å². The summed E-state index contributed by atoms with van der Waals surface area (Å²) in [5.41, 5.74) is 6.74. The van der Waals surface area contributed by atoms with E-state index in [0.717, 1.165) is 72.8 Å². The minimum Gasteiger partial charge on any atom is -0.456 e. The van der Waals surface area contributed by atoms with Crippen LogP contribution in [0.15, 0.2) is 104 Å². The van der Waals surface area contributed by atoms with E-state index >= 15 is 0 Å². The maximum atomic E-state index is 6.11. The molecule has 4 heterocycles. The van der Waals surface area contributed by atoms with Crippen LogP contribution in [0.1, 0.15) is 19.2 Å². The summed E-state index contributed by atoms with van der Waals surface area (Å²) in [5.74, 6) is 1.94. The fourth-order valence-corrected chi connectivity index (χ4v) is 5.08. The predicted octanol–water partition coefficient (Wildman–Crippen LogP) is 8.77. The van der Waals surface area contributed by atoms with E-state index < -0.39 is 0 Å². The zero-order chi connectivity index (χ0) is 24.5. The van der Waals surface area contributed by atoms with Crippen LogP contribution >= 0.6 is 0 Å². The third-order valence-electron chi connectivity index (χ3n) is 6.89. The molecule has 178 valence electrons. The highest BCUT2D eigenvalue weighted by Gasteiger charge is 2.20. The summed E-state index contributed by atoms with van der Waals surface area (Å²) < 4.78 is 24.2. The monoisotopic (exact) mass is 484 g/mol. The van der Waals surface area contributed by atoms with Crippen molar-refractivity contribution in [1.29, 1.82) is 0 Å². The summed E-state index contributed by atoms with van der Waals surface area (Å²) in [6, 6.07) is 24.0. The number of hydrogen-bond acceptors (Lipinski definition) is 6. The van der Waals surface area contributed by atoms with E-state index in [1.165, 1.54) is 0 Å². The van der Waals surface area contributed by atoms with Crippen molar-refractivity contribution in [3.8, 4) is 5.75 Å². The first-order valence-corrected chi connectivity index (χ1v) is 12.3. The van der Waals surface area contributed by atoms with E-state index in [-0.39, 0.29) is 0 Å². The fraction of sp³-hybridized carbons (Fsp3) is 0.0645. The third kappa shape index (κ3) is 3.16. The average molecular weight is 485 g/mol. The van der Waals surface area contributed by atoms with Crippen LogP contribution in [0.3, 0.4) is 0 Å². The van der Waals surface area contributed by atoms with Crippen LogP contribution in [-0.4, -0.2) is 4.98 Å². The number of allylic oxidation sites excluding steroid dienone is 2. The number of hydrogen-bond donors (Lipinski definition) is 1. The number of anilines is 1. The van der Waals surface area contributed by atoms with Crippen molar-refractivity contribution in [3.05, 3.63) is 96.2 Å². The average Bonchev–Trinajstić information content (AvgIpc) is 3.66. The van der Waals surface area contributed by atoms with Crippen molar-refractivity contribution < 1.29 is 18.0 Å². The van der Waals surface area contributed by atoms with Gasteiger partial charge in [-0.2, -0.15) is 0 Å². The minimum atomic E-state index is 0.542. The molecule has 0 amide bonds. The van der Waals surface area contributed by atoms with Gasteiger partial charge in [-0.05, 0) is 36.3 Å². The van der Waals surface area contributed by atoms with Gasteiger partial charge >= 0.3 is 0 Å². The van der Waals surface area contributed by atoms with Crippen molar-refractivity contribution in [3.63, 3.8) is 0 Å². The highest BCUT2D eigenvalue weighted by Crippen LogP contribution is 2.41. The number of para-hydroxylation sites is 2. The number of ether oxygens (including phenoxy) is 1. The van der Waals surface area contributed by atoms with E-state index in [2.05, 4.69) is 30.4 Å². The molecule has 0 radical (unpaired) electrons. The Kier molecular flexibility index (Phi) is 4.11. The molecule has 1 aliphatic heterocycles. The minimum absolute atomic E-state index is 0.542. The zero-order valence-electron chi connectivity index (χ0n) is 19.9. The lowest BCUT2D eigenvalue weighted by molar-refractivity contribution is 0.456. The molecule has 0 bridgehead atoms. The zero-order valence-corrected chi connectivity index (χ0v) is 19.9. The molecule has 0 atom stereocenters. The summed E-state index contributed by atoms with van der Waals surface area (Å²) in [4.78, 5) is 4.72. The van der Waals surface area contributed by atoms with E-state index in [9.17, 15) is 0 Å². The van der Waals surface area contributed by atoms with Gasteiger partial charge in [-0.25, -0.2) is 4.98 Å². The first kappa shape index (κ1) is 20.2. The first-order chi connectivity index (χ1) is 18.2. The lowest BCUT2D eigenvalue weighted by Crippen LogP contribution is -1.97. The molecule has 1 N–H and O–H groups in total. The Balaban J connectivity index is 1.13. The maximum Gasteiger partial charge on any atom is 0.220 e. The maximum absolute atomic E-state index is 6.11. The fourth-order valence-electron chi connectivity index (χ4n) is 5.08. The highest BCUT2D eigenvalue weighted by molar-refractivity contribution is 6.09. The van der Waals surface area contributed by atoms with Crippen molar-refractivity contribution in [2.75, 3.05) is 5.32 Å². The number of benzene rings is 4. The number of rotatable bonds is 3. The Labute approximate surface area is 210 Å². The van der Waals surface area contributed by atoms with Crippen LogP contribution in [0.5, 0.6) is 5.75 Å². The molecule has 7 aromatic rings. The van der Waals surface area contributed by atoms with Crippen LogP contribution in [-0.2, 0) is 0 Å². The molecular weight excluding hydrogens is 464 g/mol. The molecule has 0 saturated heterocycles. The first-order valence-electron chi connectivity index (χ1n) is 12.3. The molecule has 6 heteroatoms. The van der Waals surface area contributed by atoms with Crippen molar-refractivity contribution in [1.82, 2.24) is 4.98 Å². The van der Waals surface area contributed by atoms with E-state index in [0.29, 0.717) is 17.4 Å². The molecule has 3 aromatic heterocycles. The molecular formula is C31H20N2O4. The van der Waals surface area contributed by atoms with E-state index in [1.54, 1.807) is 0 Å². The van der Waals surface area contributed by atoms with Gasteiger partial charge in [-0.15, -0.1) is 0 Å². The summed E-state index contributed by atoms with van der Waals surface area (Å²) in [6.07, 6.45) is 4.71. The molecule has 0 fully saturated rings. The van der Waals surface area contributed by atoms with Gasteiger partial charge in [-0.3, -0.25) is 0 Å². The third-order valence-corrected chi connectivity index (χ3v) is 6.89. The van der Waals surface area contributed by atoms with Crippen LogP contribution in [0.4, 0.5) is 5.69 Å². The topological polar surface area (TPSA) is 73.6 Å². The Bertz CT molecular complexity index is 2090. The SMILES string of the molecule is CCC(/C=C1/Nc2cc3c(cc2O1)oc1ccccc13)=C\c1nc2cc3c(cc2o1)oc1ccccc13. The standard InChI is InChI=1S/C31H20N2O4/c1-2-17(11-30-32-22-13-20-18-7-3-5-9-24(18)34-26(20)15-28(22)36-30)12-31-33-23-14-21-19-8-4-6-10-25(19)35-27(21)16-29(23)37-31/h3-16,32H,2H2,1H3/b17-12+,30-11-. The van der Waals surface area contributed by atoms with Gasteiger partial charge < -0.3 is 23.3 Å². The number of fused-ring (bicyclic) bond motifs is 8. The smallest absolute Gasteiger partial charge is 0.220 e. The Morgan fingerprint density at radius 1 is 0.757 bits per heavy atom. The number of oxazole rings is 1. The molecule has 8 rings (SSSR count). The number of nitrogens with one attached hydrogen (secondary N) is 1. The van der Waals surface area contributed by atoms with Crippen LogP contribution < -0.4 is 10.1 Å². The summed E-state index contributed by atoms with van der Waals surface area (Å²) >= 11 is 0. The Morgan fingerprint density at radius 2 is 1.46 bits per heavy atom. The van der Waals surface area contributed by atoms with Crippen LogP contribution in [0.2, 0.25) is 0 Å². The lowest BCUT2D eigenvalue weighted by Gasteiger charge is -2.00. The van der Waals surface area contributed by atoms with E-state index in [4.69, 9.17) is 23.0 Å². The predicted molar refractivity (Wildman–Crippen MR) is 146 cm³/mol. The Hall–Kier alpha value is -4.97. The molecule has 37 heavy (non-hydrogen) atoms. The quantitative estimate of drug-likeness (QED) is 0.270. The van der Waals surface area contributed by atoms with Crippen molar-refractivity contribution >= 4 is 66.7 Å². The van der Waals surface area contributed by atoms with Gasteiger partial charge in [0.15, 0.2) is 17.2 Å². The number of furan rings is 2. The molecule has 4 aromatic carbocycles. The van der Waals surface area contributed by atoms with E-state index in [1.807, 2.05) is 66.7 Å². The molecule has 0 spiro atoms. The number of aromatic nitrogens is 1. The Morgan fingerprint density at radius 3 is 2.22 bits per heavy atom. The normalized spacial score (nSPS) is 14.8. The second kappa shape index (κ2) is 7.51. The van der Waals surface area contributed by atoms with Gasteiger partial charge in [0.25, 0.3) is 0 Å². The summed E-state index contributed by atoms with van der Waals surface area (Å²) in [7, 11) is 0. The van der Waals surface area contributed by atoms with Gasteiger partial charge in [0.1, 0.15) is 27.8 Å². The van der Waals surface area contributed by atoms with Crippen LogP contribution in [0, 0.1) is 0 Å². The highest BCUT2D eigenvalue weighted by atomic mass is 16.5. The molecule has 6 nitrogen and oxygen atoms in total. The van der Waals surface area contributed by atoms with Crippen molar-refractivity contribution in [2.45, 2.75) is 13.3 Å². The van der Waals surface area contributed by atoms with Gasteiger partial charge in [0.2, 0.25) is 5.89 Å². The second-order valence-electron chi connectivity index (χ2n) is 9.22. The molecule has 0 saturated carbocycles. The largest absolute Gasteiger partial charge is 0.456 e. The molecule has 1 aliphatic rings. The van der Waals surface area contributed by atoms with Gasteiger partial charge in [0, 0.05) is 45.8 Å².